The number of fused-ring (bicyclic) bond motifs is 3. The van der Waals surface area contributed by atoms with Gasteiger partial charge in [-0.15, -0.1) is 0 Å². The van der Waals surface area contributed by atoms with E-state index in [-0.39, 0.29) is 5.91 Å². The van der Waals surface area contributed by atoms with Crippen LogP contribution in [0.5, 0.6) is 0 Å². The number of furan rings is 2. The maximum Gasteiger partial charge on any atom is 0.290 e. The molecule has 25 heavy (non-hydrogen) atoms. The number of nitrogens with zero attached hydrogens (tertiary/aromatic N) is 1. The molecular weight excluding hydrogens is 314 g/mol. The number of rotatable bonds is 3. The van der Waals surface area contributed by atoms with Gasteiger partial charge >= 0.3 is 0 Å². The van der Waals surface area contributed by atoms with E-state index in [2.05, 4.69) is 6.07 Å². The third-order valence-electron chi connectivity index (χ3n) is 4.56. The summed E-state index contributed by atoms with van der Waals surface area (Å²) in [5.41, 5.74) is 1.63. The van der Waals surface area contributed by atoms with Crippen LogP contribution in [0.2, 0.25) is 0 Å². The van der Waals surface area contributed by atoms with E-state index in [1.807, 2.05) is 56.3 Å². The van der Waals surface area contributed by atoms with Crippen LogP contribution in [-0.2, 0) is 6.54 Å². The Kier molecular flexibility index (Phi) is 3.61. The SMILES string of the molecule is Cc1ccc(CN(C)C(=O)c2oc3c(ccc4ccccc43)c2C)o1. The number of aryl methyl sites for hydroxylation is 2. The third kappa shape index (κ3) is 2.60. The van der Waals surface area contributed by atoms with Crippen molar-refractivity contribution in [3.63, 3.8) is 0 Å². The molecule has 0 saturated heterocycles. The first-order valence-corrected chi connectivity index (χ1v) is 8.26. The third-order valence-corrected chi connectivity index (χ3v) is 4.56. The topological polar surface area (TPSA) is 46.6 Å². The molecule has 0 bridgehead atoms. The van der Waals surface area contributed by atoms with Gasteiger partial charge in [0.2, 0.25) is 0 Å². The lowest BCUT2D eigenvalue weighted by atomic mass is 10.1. The van der Waals surface area contributed by atoms with Crippen LogP contribution in [0.25, 0.3) is 21.7 Å². The van der Waals surface area contributed by atoms with Gasteiger partial charge in [0.1, 0.15) is 17.1 Å². The van der Waals surface area contributed by atoms with Gasteiger partial charge in [0.05, 0.1) is 6.54 Å². The maximum atomic E-state index is 12.9. The molecule has 0 radical (unpaired) electrons. The van der Waals surface area contributed by atoms with Gasteiger partial charge in [0.25, 0.3) is 5.91 Å². The highest BCUT2D eigenvalue weighted by molar-refractivity contribution is 6.08. The Morgan fingerprint density at radius 1 is 0.960 bits per heavy atom. The number of carbonyl (C=O) groups excluding carboxylic acids is 1. The second-order valence-electron chi connectivity index (χ2n) is 6.39. The van der Waals surface area contributed by atoms with E-state index in [4.69, 9.17) is 8.83 Å². The number of amides is 1. The highest BCUT2D eigenvalue weighted by atomic mass is 16.4. The Morgan fingerprint density at radius 3 is 2.52 bits per heavy atom. The average molecular weight is 333 g/mol. The lowest BCUT2D eigenvalue weighted by Gasteiger charge is -2.14. The number of benzene rings is 2. The van der Waals surface area contributed by atoms with Crippen molar-refractivity contribution < 1.29 is 13.6 Å². The fourth-order valence-corrected chi connectivity index (χ4v) is 3.20. The summed E-state index contributed by atoms with van der Waals surface area (Å²) in [5.74, 6) is 1.83. The largest absolute Gasteiger partial charge is 0.464 e. The molecule has 4 rings (SSSR count). The summed E-state index contributed by atoms with van der Waals surface area (Å²) in [6.45, 7) is 4.22. The van der Waals surface area contributed by atoms with Crippen molar-refractivity contribution in [2.75, 3.05) is 7.05 Å². The summed E-state index contributed by atoms with van der Waals surface area (Å²) in [5, 5.41) is 3.10. The lowest BCUT2D eigenvalue weighted by Crippen LogP contribution is -2.26. The standard InChI is InChI=1S/C21H19NO3/c1-13-8-10-16(24-13)12-22(3)21(23)19-14(2)17-11-9-15-6-4-5-7-18(15)20(17)25-19/h4-11H,12H2,1-3H3. The second-order valence-corrected chi connectivity index (χ2v) is 6.39. The second kappa shape index (κ2) is 5.81. The van der Waals surface area contributed by atoms with Crippen molar-refractivity contribution in [1.82, 2.24) is 4.90 Å². The molecule has 0 atom stereocenters. The van der Waals surface area contributed by atoms with Gasteiger partial charge in [-0.2, -0.15) is 0 Å². The van der Waals surface area contributed by atoms with Crippen LogP contribution in [0, 0.1) is 13.8 Å². The molecule has 2 aromatic heterocycles. The van der Waals surface area contributed by atoms with Crippen LogP contribution in [0.1, 0.15) is 27.6 Å². The molecule has 4 aromatic rings. The summed E-state index contributed by atoms with van der Waals surface area (Å²) in [6, 6.07) is 15.9. The molecule has 0 unspecified atom stereocenters. The molecule has 0 aliphatic rings. The fraction of sp³-hybridized carbons (Fsp3) is 0.190. The van der Waals surface area contributed by atoms with Crippen LogP contribution in [0.4, 0.5) is 0 Å². The van der Waals surface area contributed by atoms with E-state index in [9.17, 15) is 4.79 Å². The van der Waals surface area contributed by atoms with E-state index in [1.54, 1.807) is 11.9 Å². The molecule has 1 amide bonds. The van der Waals surface area contributed by atoms with E-state index in [0.29, 0.717) is 12.3 Å². The lowest BCUT2D eigenvalue weighted by molar-refractivity contribution is 0.0745. The minimum Gasteiger partial charge on any atom is -0.464 e. The minimum absolute atomic E-state index is 0.146. The van der Waals surface area contributed by atoms with Gasteiger partial charge in [0.15, 0.2) is 5.76 Å². The monoisotopic (exact) mass is 333 g/mol. The molecule has 0 N–H and O–H groups in total. The van der Waals surface area contributed by atoms with Gasteiger partial charge in [-0.25, -0.2) is 0 Å². The molecule has 2 heterocycles. The van der Waals surface area contributed by atoms with Crippen LogP contribution < -0.4 is 0 Å². The number of hydrogen-bond acceptors (Lipinski definition) is 3. The molecule has 0 spiro atoms. The Hall–Kier alpha value is -3.01. The zero-order valence-corrected chi connectivity index (χ0v) is 14.5. The summed E-state index contributed by atoms with van der Waals surface area (Å²) in [4.78, 5) is 14.5. The molecule has 2 aromatic carbocycles. The smallest absolute Gasteiger partial charge is 0.290 e. The zero-order chi connectivity index (χ0) is 17.6. The summed E-state index contributed by atoms with van der Waals surface area (Å²) in [6.07, 6.45) is 0. The summed E-state index contributed by atoms with van der Waals surface area (Å²) < 4.78 is 11.6. The van der Waals surface area contributed by atoms with Crippen molar-refractivity contribution >= 4 is 27.6 Å². The van der Waals surface area contributed by atoms with Gasteiger partial charge < -0.3 is 13.7 Å². The van der Waals surface area contributed by atoms with Crippen molar-refractivity contribution in [1.29, 1.82) is 0 Å². The van der Waals surface area contributed by atoms with E-state index >= 15 is 0 Å². The van der Waals surface area contributed by atoms with Crippen molar-refractivity contribution in [2.24, 2.45) is 0 Å². The van der Waals surface area contributed by atoms with Crippen LogP contribution in [0.3, 0.4) is 0 Å². The van der Waals surface area contributed by atoms with Gasteiger partial charge in [-0.3, -0.25) is 4.79 Å². The zero-order valence-electron chi connectivity index (χ0n) is 14.5. The van der Waals surface area contributed by atoms with Crippen molar-refractivity contribution in [3.8, 4) is 0 Å². The molecule has 0 aliphatic carbocycles. The van der Waals surface area contributed by atoms with Crippen LogP contribution in [-0.4, -0.2) is 17.9 Å². The first-order valence-electron chi connectivity index (χ1n) is 8.26. The Morgan fingerprint density at radius 2 is 1.76 bits per heavy atom. The summed E-state index contributed by atoms with van der Waals surface area (Å²) in [7, 11) is 1.75. The van der Waals surface area contributed by atoms with Gasteiger partial charge in [0, 0.05) is 23.4 Å². The summed E-state index contributed by atoms with van der Waals surface area (Å²) >= 11 is 0. The quantitative estimate of drug-likeness (QED) is 0.526. The first-order chi connectivity index (χ1) is 12.0. The molecule has 4 heteroatoms. The first kappa shape index (κ1) is 15.5. The fourth-order valence-electron chi connectivity index (χ4n) is 3.20. The van der Waals surface area contributed by atoms with Crippen molar-refractivity contribution in [3.05, 3.63) is 71.4 Å². The van der Waals surface area contributed by atoms with Crippen molar-refractivity contribution in [2.45, 2.75) is 20.4 Å². The molecule has 0 fully saturated rings. The van der Waals surface area contributed by atoms with Crippen LogP contribution >= 0.6 is 0 Å². The minimum atomic E-state index is -0.146. The molecule has 0 aliphatic heterocycles. The van der Waals surface area contributed by atoms with E-state index in [1.165, 1.54) is 0 Å². The van der Waals surface area contributed by atoms with Crippen LogP contribution in [0.15, 0.2) is 57.4 Å². The Balaban J connectivity index is 1.74. The molecule has 126 valence electrons. The highest BCUT2D eigenvalue weighted by Gasteiger charge is 2.22. The van der Waals surface area contributed by atoms with E-state index in [0.717, 1.165) is 38.8 Å². The normalized spacial score (nSPS) is 11.3. The molecule has 0 saturated carbocycles. The predicted octanol–water partition coefficient (Wildman–Crippen LogP) is 5.07. The number of hydrogen-bond donors (Lipinski definition) is 0. The average Bonchev–Trinajstić information content (AvgIpc) is 3.17. The predicted molar refractivity (Wildman–Crippen MR) is 97.7 cm³/mol. The van der Waals surface area contributed by atoms with Gasteiger partial charge in [-0.1, -0.05) is 36.4 Å². The molecular formula is C21H19NO3. The van der Waals surface area contributed by atoms with E-state index < -0.39 is 0 Å². The maximum absolute atomic E-state index is 12.9. The molecule has 4 nitrogen and oxygen atoms in total. The number of carbonyl (C=O) groups is 1. The highest BCUT2D eigenvalue weighted by Crippen LogP contribution is 2.32. The Bertz CT molecular complexity index is 1090. The Labute approximate surface area is 145 Å². The van der Waals surface area contributed by atoms with Gasteiger partial charge in [-0.05, 0) is 31.4 Å².